The highest BCUT2D eigenvalue weighted by molar-refractivity contribution is 6.51. The van der Waals surface area contributed by atoms with Crippen molar-refractivity contribution in [2.45, 2.75) is 29.0 Å². The van der Waals surface area contributed by atoms with Gasteiger partial charge in [0, 0.05) is 27.8 Å². The first-order valence-electron chi connectivity index (χ1n) is 17.9. The smallest absolute Gasteiger partial charge is 0.245 e. The lowest BCUT2D eigenvalue weighted by atomic mass is 9.61. The number of hydrogen-bond acceptors (Lipinski definition) is 26. The quantitative estimate of drug-likeness (QED) is 0.0245. The van der Waals surface area contributed by atoms with Crippen LogP contribution in [0.15, 0.2) is 60.7 Å². The Morgan fingerprint density at radius 2 is 0.582 bits per heavy atom. The van der Waals surface area contributed by atoms with Crippen molar-refractivity contribution in [3.8, 4) is 86.2 Å². The molecular weight excluding hydrogens is 908 g/mol. The number of ketones is 6. The second-order valence-electron chi connectivity index (χ2n) is 14.4. The maximum absolute atomic E-state index is 14.9. The van der Waals surface area contributed by atoms with Gasteiger partial charge in [-0.05, 0) is 60.7 Å². The number of rotatable bonds is 15. The zero-order valence-electron chi connectivity index (χ0n) is 32.8. The Hall–Kier alpha value is -9.08. The van der Waals surface area contributed by atoms with Crippen LogP contribution in [0.25, 0.3) is 0 Å². The highest BCUT2D eigenvalue weighted by Crippen LogP contribution is 2.47. The summed E-state index contributed by atoms with van der Waals surface area (Å²) in [4.78, 5) is 86.8. The molecule has 0 bridgehead atoms. The maximum atomic E-state index is 14.9. The SMILES string of the molecule is O=C(C(=O)C(O)(C(=O)c1cc(O)c(O)c(O)c1)C(O)C(O)(C(=O)c1cc(O)c(O)c(O)c1)C(O)(C(=O)c1cc(O)c(O)c(O)c1)C(O)C(=O)c1cc(O)c(O)c(O)c1)c1cc(O)c(O)c(O)c1. The topological polar surface area (TPSA) is 507 Å². The van der Waals surface area contributed by atoms with Crippen molar-refractivity contribution in [1.29, 1.82) is 0 Å². The molecular formula is C41H32O26. The first-order valence-corrected chi connectivity index (χ1v) is 17.9. The molecule has 0 radical (unpaired) electrons. The van der Waals surface area contributed by atoms with Gasteiger partial charge in [-0.3, -0.25) is 28.8 Å². The summed E-state index contributed by atoms with van der Waals surface area (Å²) in [6, 6.07) is 0.875. The molecule has 5 aromatic carbocycles. The lowest BCUT2D eigenvalue weighted by molar-refractivity contribution is -0.210. The zero-order chi connectivity index (χ0) is 50.7. The standard InChI is InChI=1S/C41H32O26/c42-16-1-11(2-17(43)28(16)54)26(52)36(62)39(65,33(59)13-5-20(46)30(56)21(47)6-13)38(64)41(67,35(61)15-9-24(50)32(58)25(51)10-15)40(66,34(60)14-7-22(48)31(57)23(49)8-14)37(63)27(53)12-3-18(44)29(55)19(45)4-12/h1-10,37-38,42-51,54-58,63-67H. The molecule has 0 spiro atoms. The third-order valence-corrected chi connectivity index (χ3v) is 10.3. The monoisotopic (exact) mass is 940 g/mol. The van der Waals surface area contributed by atoms with Gasteiger partial charge in [-0.1, -0.05) is 0 Å². The molecule has 0 amide bonds. The molecule has 352 valence electrons. The molecule has 0 heterocycles. The highest BCUT2D eigenvalue weighted by atomic mass is 16.4. The van der Waals surface area contributed by atoms with Crippen LogP contribution < -0.4 is 0 Å². The summed E-state index contributed by atoms with van der Waals surface area (Å²) in [6.45, 7) is 0. The van der Waals surface area contributed by atoms with Gasteiger partial charge < -0.3 is 102 Å². The van der Waals surface area contributed by atoms with E-state index in [0.717, 1.165) is 0 Å². The summed E-state index contributed by atoms with van der Waals surface area (Å²) in [5.74, 6) is -37.9. The minimum absolute atomic E-state index is 0.00826. The van der Waals surface area contributed by atoms with E-state index in [1.165, 1.54) is 0 Å². The number of Topliss-reactive ketones (excluding diaryl/α,β-unsaturated/α-hetero) is 6. The van der Waals surface area contributed by atoms with Crippen LogP contribution in [0.5, 0.6) is 86.2 Å². The van der Waals surface area contributed by atoms with Crippen LogP contribution in [0.1, 0.15) is 51.8 Å². The third-order valence-electron chi connectivity index (χ3n) is 10.3. The number of phenols is 15. The van der Waals surface area contributed by atoms with Crippen LogP contribution in [0.2, 0.25) is 0 Å². The number of carbonyl (C=O) groups is 6. The molecule has 0 aromatic heterocycles. The number of benzene rings is 5. The fraction of sp³-hybridized carbons (Fsp3) is 0.122. The van der Waals surface area contributed by atoms with Gasteiger partial charge in [-0.25, -0.2) is 0 Å². The third kappa shape index (κ3) is 7.64. The summed E-state index contributed by atoms with van der Waals surface area (Å²) in [5.41, 5.74) is -23.4. The van der Waals surface area contributed by atoms with Crippen LogP contribution in [0.4, 0.5) is 0 Å². The van der Waals surface area contributed by atoms with Gasteiger partial charge in [0.25, 0.3) is 0 Å². The molecule has 0 aliphatic carbocycles. The first-order chi connectivity index (χ1) is 30.9. The van der Waals surface area contributed by atoms with E-state index >= 15 is 0 Å². The number of aliphatic hydroxyl groups excluding tert-OH is 2. The number of hydrogen-bond donors (Lipinski definition) is 20. The summed E-state index contributed by atoms with van der Waals surface area (Å²) >= 11 is 0. The predicted molar refractivity (Wildman–Crippen MR) is 211 cm³/mol. The minimum atomic E-state index is -5.44. The molecule has 0 aliphatic rings. The minimum Gasteiger partial charge on any atom is -0.504 e. The van der Waals surface area contributed by atoms with Gasteiger partial charge in [0.15, 0.2) is 109 Å². The molecule has 5 atom stereocenters. The van der Waals surface area contributed by atoms with Crippen LogP contribution >= 0.6 is 0 Å². The van der Waals surface area contributed by atoms with Crippen LogP contribution in [0.3, 0.4) is 0 Å². The van der Waals surface area contributed by atoms with Crippen LogP contribution in [-0.4, -0.2) is 166 Å². The summed E-state index contributed by atoms with van der Waals surface area (Å²) in [5, 5.41) is 214. The fourth-order valence-electron chi connectivity index (χ4n) is 6.66. The normalized spacial score (nSPS) is 14.9. The van der Waals surface area contributed by atoms with Crippen LogP contribution in [0, 0.1) is 0 Å². The molecule has 0 aliphatic heterocycles. The molecule has 5 aromatic rings. The van der Waals surface area contributed by atoms with Gasteiger partial charge in [0.1, 0.15) is 6.10 Å². The van der Waals surface area contributed by atoms with Gasteiger partial charge >= 0.3 is 0 Å². The first kappa shape index (κ1) is 48.9. The van der Waals surface area contributed by atoms with Crippen molar-refractivity contribution in [3.63, 3.8) is 0 Å². The van der Waals surface area contributed by atoms with Crippen molar-refractivity contribution < 1.29 is 131 Å². The maximum Gasteiger partial charge on any atom is 0.245 e. The molecule has 67 heavy (non-hydrogen) atoms. The molecule has 26 heteroatoms. The summed E-state index contributed by atoms with van der Waals surface area (Å²) in [7, 11) is 0. The Morgan fingerprint density at radius 3 is 0.881 bits per heavy atom. The highest BCUT2D eigenvalue weighted by Gasteiger charge is 2.74. The van der Waals surface area contributed by atoms with E-state index in [4.69, 9.17) is 0 Å². The average Bonchev–Trinajstić information content (AvgIpc) is 3.28. The Morgan fingerprint density at radius 1 is 0.343 bits per heavy atom. The van der Waals surface area contributed by atoms with E-state index in [1.54, 1.807) is 0 Å². The van der Waals surface area contributed by atoms with E-state index < -0.39 is 178 Å². The number of carbonyl (C=O) groups excluding carboxylic acids is 6. The Balaban J connectivity index is 2.00. The van der Waals surface area contributed by atoms with Crippen molar-refractivity contribution in [3.05, 3.63) is 88.5 Å². The van der Waals surface area contributed by atoms with Crippen molar-refractivity contribution in [2.24, 2.45) is 0 Å². The lowest BCUT2D eigenvalue weighted by Crippen LogP contribution is -2.80. The average molecular weight is 941 g/mol. The number of phenolic OH excluding ortho intramolecular Hbond substituents is 15. The Labute approximate surface area is 369 Å². The molecule has 0 saturated carbocycles. The van der Waals surface area contributed by atoms with E-state index in [9.17, 15) is 131 Å². The molecule has 5 unspecified atom stereocenters. The molecule has 0 saturated heterocycles. The van der Waals surface area contributed by atoms with E-state index in [-0.39, 0.29) is 60.7 Å². The number of aliphatic hydroxyl groups is 5. The second kappa shape index (κ2) is 16.8. The Kier molecular flexibility index (Phi) is 12.3. The molecule has 0 fully saturated rings. The number of aromatic hydroxyl groups is 15. The zero-order valence-corrected chi connectivity index (χ0v) is 32.8. The second-order valence-corrected chi connectivity index (χ2v) is 14.4. The molecule has 5 rings (SSSR count). The van der Waals surface area contributed by atoms with Crippen molar-refractivity contribution in [2.75, 3.05) is 0 Å². The van der Waals surface area contributed by atoms with E-state index in [2.05, 4.69) is 0 Å². The van der Waals surface area contributed by atoms with Gasteiger partial charge in [0.2, 0.25) is 34.5 Å². The van der Waals surface area contributed by atoms with Crippen LogP contribution in [-0.2, 0) is 4.79 Å². The fourth-order valence-corrected chi connectivity index (χ4v) is 6.66. The van der Waals surface area contributed by atoms with Crippen molar-refractivity contribution in [1.82, 2.24) is 0 Å². The van der Waals surface area contributed by atoms with Gasteiger partial charge in [-0.2, -0.15) is 0 Å². The van der Waals surface area contributed by atoms with Crippen molar-refractivity contribution >= 4 is 34.7 Å². The van der Waals surface area contributed by atoms with Gasteiger partial charge in [0.05, 0.1) is 0 Å². The lowest BCUT2D eigenvalue weighted by Gasteiger charge is -2.48. The predicted octanol–water partition coefficient (Wildman–Crippen LogP) is -1.53. The molecule has 20 N–H and O–H groups in total. The largest absolute Gasteiger partial charge is 0.504 e. The Bertz CT molecular complexity index is 2860. The van der Waals surface area contributed by atoms with Gasteiger partial charge in [-0.15, -0.1) is 0 Å². The summed E-state index contributed by atoms with van der Waals surface area (Å²) < 4.78 is 0. The summed E-state index contributed by atoms with van der Waals surface area (Å²) in [6.07, 6.45) is -8.70. The van der Waals surface area contributed by atoms with E-state index in [0.29, 0.717) is 0 Å². The van der Waals surface area contributed by atoms with E-state index in [1.807, 2.05) is 0 Å². The molecule has 26 nitrogen and oxygen atoms in total.